The van der Waals surface area contributed by atoms with Gasteiger partial charge in [0.2, 0.25) is 0 Å². The summed E-state index contributed by atoms with van der Waals surface area (Å²) in [6, 6.07) is 19.3. The highest BCUT2D eigenvalue weighted by atomic mass is 31.2. The zero-order chi connectivity index (χ0) is 14.6. The molecule has 2 rings (SSSR count). The summed E-state index contributed by atoms with van der Waals surface area (Å²) in [6.07, 6.45) is 0. The van der Waals surface area contributed by atoms with Gasteiger partial charge < -0.3 is 4.57 Å². The summed E-state index contributed by atoms with van der Waals surface area (Å²) < 4.78 is 13.7. The molecule has 102 valence electrons. The molecule has 2 aromatic carbocycles. The van der Waals surface area contributed by atoms with E-state index >= 15 is 0 Å². The molecule has 20 heavy (non-hydrogen) atoms. The standard InChI is InChI=1S/C18H19OP/c1-15(2)14-16(3)20(19,17-10-6-4-7-11-17)18-12-8-5-9-13-18/h4-13H,1-3H3. The Morgan fingerprint density at radius 1 is 0.800 bits per heavy atom. The van der Waals surface area contributed by atoms with Crippen molar-refractivity contribution in [1.82, 2.24) is 0 Å². The van der Waals surface area contributed by atoms with Crippen LogP contribution >= 0.6 is 7.14 Å². The number of rotatable bonds is 3. The number of hydrogen-bond donors (Lipinski definition) is 0. The Kier molecular flexibility index (Phi) is 4.45. The lowest BCUT2D eigenvalue weighted by molar-refractivity contribution is 0.590. The maximum atomic E-state index is 13.7. The molecule has 0 saturated heterocycles. The molecule has 1 nitrogen and oxygen atoms in total. The first-order valence-electron chi connectivity index (χ1n) is 6.67. The fourth-order valence-corrected chi connectivity index (χ4v) is 4.89. The summed E-state index contributed by atoms with van der Waals surface area (Å²) in [4.78, 5) is 0. The molecule has 0 amide bonds. The molecule has 0 aliphatic rings. The van der Waals surface area contributed by atoms with Crippen molar-refractivity contribution in [1.29, 1.82) is 0 Å². The first-order chi connectivity index (χ1) is 9.55. The van der Waals surface area contributed by atoms with E-state index in [4.69, 9.17) is 0 Å². The molecule has 0 atom stereocenters. The molecular formula is C18H19OP. The zero-order valence-electron chi connectivity index (χ0n) is 12.1. The van der Waals surface area contributed by atoms with Gasteiger partial charge in [0.1, 0.15) is 0 Å². The minimum absolute atomic E-state index is 0.801. The highest BCUT2D eigenvalue weighted by Crippen LogP contribution is 2.50. The van der Waals surface area contributed by atoms with Crippen LogP contribution in [0.2, 0.25) is 0 Å². The van der Waals surface area contributed by atoms with E-state index in [0.717, 1.165) is 21.5 Å². The lowest BCUT2D eigenvalue weighted by atomic mass is 10.4. The maximum absolute atomic E-state index is 13.7. The molecule has 0 spiro atoms. The summed E-state index contributed by atoms with van der Waals surface area (Å²) in [6.45, 7) is 5.86. The van der Waals surface area contributed by atoms with Crippen LogP contribution in [0, 0.1) is 0 Å². The molecule has 0 bridgehead atoms. The van der Waals surface area contributed by atoms with Crippen LogP contribution in [0.5, 0.6) is 0 Å². The zero-order valence-corrected chi connectivity index (χ0v) is 13.0. The average Bonchev–Trinajstić information content (AvgIpc) is 2.47. The highest BCUT2D eigenvalue weighted by molar-refractivity contribution is 7.82. The Morgan fingerprint density at radius 2 is 1.20 bits per heavy atom. The third kappa shape index (κ3) is 2.85. The van der Waals surface area contributed by atoms with Crippen molar-refractivity contribution >= 4 is 17.8 Å². The van der Waals surface area contributed by atoms with Gasteiger partial charge >= 0.3 is 0 Å². The van der Waals surface area contributed by atoms with Crippen LogP contribution in [0.15, 0.2) is 77.3 Å². The molecule has 0 unspecified atom stereocenters. The van der Waals surface area contributed by atoms with E-state index in [1.807, 2.05) is 81.4 Å². The van der Waals surface area contributed by atoms with Crippen molar-refractivity contribution in [2.24, 2.45) is 0 Å². The van der Waals surface area contributed by atoms with E-state index < -0.39 is 7.14 Å². The lowest BCUT2D eigenvalue weighted by Gasteiger charge is -2.19. The molecule has 0 heterocycles. The Morgan fingerprint density at radius 3 is 1.55 bits per heavy atom. The Bertz CT molecular complexity index is 645. The summed E-state index contributed by atoms with van der Waals surface area (Å²) in [5, 5.41) is 2.52. The van der Waals surface area contributed by atoms with Gasteiger partial charge in [-0.3, -0.25) is 0 Å². The third-order valence-electron chi connectivity index (χ3n) is 3.14. The van der Waals surface area contributed by atoms with Crippen molar-refractivity contribution in [3.63, 3.8) is 0 Å². The molecule has 0 saturated carbocycles. The van der Waals surface area contributed by atoms with Crippen LogP contribution in [0.3, 0.4) is 0 Å². The summed E-state index contributed by atoms with van der Waals surface area (Å²) in [7, 11) is -2.78. The molecular weight excluding hydrogens is 263 g/mol. The SMILES string of the molecule is CC(C)=C=C(C)P(=O)(c1ccccc1)c1ccccc1. The van der Waals surface area contributed by atoms with Crippen molar-refractivity contribution < 1.29 is 4.57 Å². The minimum atomic E-state index is -2.78. The molecule has 0 N–H and O–H groups in total. The lowest BCUT2D eigenvalue weighted by Crippen LogP contribution is -2.16. The monoisotopic (exact) mass is 282 g/mol. The Labute approximate surface area is 121 Å². The average molecular weight is 282 g/mol. The quantitative estimate of drug-likeness (QED) is 0.599. The first kappa shape index (κ1) is 14.6. The van der Waals surface area contributed by atoms with E-state index in [-0.39, 0.29) is 0 Å². The largest absolute Gasteiger partial charge is 0.308 e. The van der Waals surface area contributed by atoms with Crippen LogP contribution in [0.4, 0.5) is 0 Å². The van der Waals surface area contributed by atoms with Crippen molar-refractivity contribution in [3.05, 3.63) is 77.3 Å². The van der Waals surface area contributed by atoms with Gasteiger partial charge in [-0.2, -0.15) is 0 Å². The van der Waals surface area contributed by atoms with E-state index in [1.54, 1.807) is 0 Å². The second-order valence-electron chi connectivity index (χ2n) is 4.99. The van der Waals surface area contributed by atoms with Crippen molar-refractivity contribution in [2.45, 2.75) is 20.8 Å². The third-order valence-corrected chi connectivity index (χ3v) is 6.25. The second kappa shape index (κ2) is 6.09. The maximum Gasteiger partial charge on any atom is 0.174 e. The summed E-state index contributed by atoms with van der Waals surface area (Å²) in [5.41, 5.74) is 4.29. The van der Waals surface area contributed by atoms with Crippen molar-refractivity contribution in [2.75, 3.05) is 0 Å². The minimum Gasteiger partial charge on any atom is -0.308 e. The Hall–Kier alpha value is -1.81. The van der Waals surface area contributed by atoms with Gasteiger partial charge in [0.05, 0.1) is 0 Å². The van der Waals surface area contributed by atoms with E-state index in [1.165, 1.54) is 0 Å². The molecule has 2 heteroatoms. The van der Waals surface area contributed by atoms with Crippen molar-refractivity contribution in [3.8, 4) is 0 Å². The van der Waals surface area contributed by atoms with Gasteiger partial charge in [-0.05, 0) is 26.3 Å². The predicted molar refractivity (Wildman–Crippen MR) is 87.3 cm³/mol. The number of benzene rings is 2. The Balaban J connectivity index is 2.75. The first-order valence-corrected chi connectivity index (χ1v) is 8.38. The van der Waals surface area contributed by atoms with Gasteiger partial charge in [0, 0.05) is 15.9 Å². The summed E-state index contributed by atoms with van der Waals surface area (Å²) >= 11 is 0. The smallest absolute Gasteiger partial charge is 0.174 e. The van der Waals surface area contributed by atoms with Gasteiger partial charge in [0.25, 0.3) is 0 Å². The second-order valence-corrected chi connectivity index (χ2v) is 7.91. The topological polar surface area (TPSA) is 17.1 Å². The van der Waals surface area contributed by atoms with Gasteiger partial charge in [-0.1, -0.05) is 60.7 Å². The van der Waals surface area contributed by atoms with E-state index in [2.05, 4.69) is 5.73 Å². The molecule has 0 aromatic heterocycles. The van der Waals surface area contributed by atoms with Crippen LogP contribution in [-0.4, -0.2) is 0 Å². The highest BCUT2D eigenvalue weighted by Gasteiger charge is 2.29. The molecule has 0 aliphatic heterocycles. The summed E-state index contributed by atoms with van der Waals surface area (Å²) in [5.74, 6) is 0. The van der Waals surface area contributed by atoms with Gasteiger partial charge in [-0.15, -0.1) is 5.73 Å². The fourth-order valence-electron chi connectivity index (χ4n) is 2.25. The molecule has 2 aromatic rings. The normalized spacial score (nSPS) is 10.8. The van der Waals surface area contributed by atoms with Crippen LogP contribution in [0.1, 0.15) is 20.8 Å². The number of allylic oxidation sites excluding steroid dienone is 1. The van der Waals surface area contributed by atoms with Crippen LogP contribution < -0.4 is 10.6 Å². The van der Waals surface area contributed by atoms with Gasteiger partial charge in [0.15, 0.2) is 7.14 Å². The van der Waals surface area contributed by atoms with E-state index in [0.29, 0.717) is 0 Å². The van der Waals surface area contributed by atoms with Crippen LogP contribution in [-0.2, 0) is 4.57 Å². The molecule has 0 aliphatic carbocycles. The van der Waals surface area contributed by atoms with Gasteiger partial charge in [-0.25, -0.2) is 0 Å². The number of hydrogen-bond acceptors (Lipinski definition) is 1. The molecule has 0 fully saturated rings. The van der Waals surface area contributed by atoms with Crippen LogP contribution in [0.25, 0.3) is 0 Å². The fraction of sp³-hybridized carbons (Fsp3) is 0.167. The van der Waals surface area contributed by atoms with E-state index in [9.17, 15) is 4.57 Å². The predicted octanol–water partition coefficient (Wildman–Crippen LogP) is 4.47. The molecule has 0 radical (unpaired) electrons.